The van der Waals surface area contributed by atoms with E-state index in [2.05, 4.69) is 0 Å². The zero-order valence-electron chi connectivity index (χ0n) is 15.2. The number of esters is 1. The highest BCUT2D eigenvalue weighted by Gasteiger charge is 2.16. The van der Waals surface area contributed by atoms with Crippen molar-refractivity contribution in [2.24, 2.45) is 0 Å². The molecule has 2 aromatic carbocycles. The van der Waals surface area contributed by atoms with Gasteiger partial charge in [-0.15, -0.1) is 0 Å². The number of fused-ring (bicyclic) bond motifs is 2. The number of rotatable bonds is 5. The SMILES string of the molecule is CCOC(=O)COc1ccc2c(=O)c(-c3ccc4c(c3)OCCO4)coc2c1. The van der Waals surface area contributed by atoms with Gasteiger partial charge in [0.1, 0.15) is 30.8 Å². The van der Waals surface area contributed by atoms with Crippen molar-refractivity contribution in [3.63, 3.8) is 0 Å². The van der Waals surface area contributed by atoms with Crippen molar-refractivity contribution in [3.05, 3.63) is 52.9 Å². The summed E-state index contributed by atoms with van der Waals surface area (Å²) in [6, 6.07) is 10.1. The standard InChI is InChI=1S/C21H18O7/c1-2-24-20(22)12-27-14-4-5-15-18(10-14)28-11-16(21(15)23)13-3-6-17-19(9-13)26-8-7-25-17/h3-6,9-11H,2,7-8,12H2,1H3. The lowest BCUT2D eigenvalue weighted by Gasteiger charge is -2.18. The Labute approximate surface area is 160 Å². The second-order valence-electron chi connectivity index (χ2n) is 6.09. The van der Waals surface area contributed by atoms with E-state index in [1.165, 1.54) is 6.26 Å². The van der Waals surface area contributed by atoms with Crippen LogP contribution in [0.4, 0.5) is 0 Å². The van der Waals surface area contributed by atoms with Gasteiger partial charge in [0.25, 0.3) is 0 Å². The van der Waals surface area contributed by atoms with Gasteiger partial charge in [-0.05, 0) is 36.8 Å². The molecule has 0 fully saturated rings. The van der Waals surface area contributed by atoms with Gasteiger partial charge < -0.3 is 23.4 Å². The van der Waals surface area contributed by atoms with Crippen molar-refractivity contribution < 1.29 is 28.2 Å². The monoisotopic (exact) mass is 382 g/mol. The maximum Gasteiger partial charge on any atom is 0.344 e. The van der Waals surface area contributed by atoms with Crippen LogP contribution in [-0.2, 0) is 9.53 Å². The summed E-state index contributed by atoms with van der Waals surface area (Å²) in [5, 5.41) is 0.413. The van der Waals surface area contributed by atoms with E-state index in [1.54, 1.807) is 43.3 Å². The van der Waals surface area contributed by atoms with Crippen molar-refractivity contribution >= 4 is 16.9 Å². The Hall–Kier alpha value is -3.48. The van der Waals surface area contributed by atoms with Crippen LogP contribution in [0.15, 0.2) is 51.9 Å². The molecular formula is C21H18O7. The number of hydrogen-bond donors (Lipinski definition) is 0. The average molecular weight is 382 g/mol. The van der Waals surface area contributed by atoms with Gasteiger partial charge >= 0.3 is 5.97 Å². The van der Waals surface area contributed by atoms with E-state index in [0.717, 1.165) is 0 Å². The predicted octanol–water partition coefficient (Wildman–Crippen LogP) is 3.17. The van der Waals surface area contributed by atoms with Gasteiger partial charge in [0, 0.05) is 6.07 Å². The van der Waals surface area contributed by atoms with Gasteiger partial charge in [-0.25, -0.2) is 4.79 Å². The van der Waals surface area contributed by atoms with Gasteiger partial charge in [-0.2, -0.15) is 0 Å². The number of carbonyl (C=O) groups is 1. The Bertz CT molecular complexity index is 1080. The van der Waals surface area contributed by atoms with Crippen LogP contribution in [0, 0.1) is 0 Å². The Kier molecular flexibility index (Phi) is 4.89. The molecule has 0 spiro atoms. The third kappa shape index (κ3) is 3.51. The summed E-state index contributed by atoms with van der Waals surface area (Å²) in [6.45, 7) is 2.78. The normalized spacial score (nSPS) is 12.6. The smallest absolute Gasteiger partial charge is 0.344 e. The molecule has 7 nitrogen and oxygen atoms in total. The van der Waals surface area contributed by atoms with Gasteiger partial charge in [0.2, 0.25) is 0 Å². The lowest BCUT2D eigenvalue weighted by atomic mass is 10.0. The molecule has 2 heterocycles. The topological polar surface area (TPSA) is 84.2 Å². The van der Waals surface area contributed by atoms with E-state index in [0.29, 0.717) is 52.6 Å². The van der Waals surface area contributed by atoms with Gasteiger partial charge in [-0.1, -0.05) is 6.07 Å². The van der Waals surface area contributed by atoms with Crippen molar-refractivity contribution in [1.82, 2.24) is 0 Å². The minimum Gasteiger partial charge on any atom is -0.486 e. The van der Waals surface area contributed by atoms with Crippen molar-refractivity contribution in [3.8, 4) is 28.4 Å². The van der Waals surface area contributed by atoms with E-state index < -0.39 is 5.97 Å². The lowest BCUT2D eigenvalue weighted by molar-refractivity contribution is -0.145. The molecule has 0 aliphatic carbocycles. The fraction of sp³-hybridized carbons (Fsp3) is 0.238. The predicted molar refractivity (Wildman–Crippen MR) is 101 cm³/mol. The Morgan fingerprint density at radius 3 is 2.71 bits per heavy atom. The van der Waals surface area contributed by atoms with Gasteiger partial charge in [0.05, 0.1) is 17.6 Å². The number of carbonyl (C=O) groups excluding carboxylic acids is 1. The first-order chi connectivity index (χ1) is 13.7. The molecular weight excluding hydrogens is 364 g/mol. The molecule has 0 atom stereocenters. The Morgan fingerprint density at radius 2 is 1.89 bits per heavy atom. The number of hydrogen-bond acceptors (Lipinski definition) is 7. The van der Waals surface area contributed by atoms with Crippen molar-refractivity contribution in [2.75, 3.05) is 26.4 Å². The molecule has 4 rings (SSSR count). The molecule has 0 radical (unpaired) electrons. The van der Waals surface area contributed by atoms with Gasteiger partial charge in [0.15, 0.2) is 23.5 Å². The van der Waals surface area contributed by atoms with Crippen molar-refractivity contribution in [2.45, 2.75) is 6.92 Å². The average Bonchev–Trinajstić information content (AvgIpc) is 2.72. The minimum atomic E-state index is -0.460. The zero-order chi connectivity index (χ0) is 19.5. The third-order valence-electron chi connectivity index (χ3n) is 4.26. The van der Waals surface area contributed by atoms with Crippen LogP contribution >= 0.6 is 0 Å². The highest BCUT2D eigenvalue weighted by atomic mass is 16.6. The highest BCUT2D eigenvalue weighted by Crippen LogP contribution is 2.34. The summed E-state index contributed by atoms with van der Waals surface area (Å²) < 4.78 is 26.9. The molecule has 0 amide bonds. The van der Waals surface area contributed by atoms with E-state index in [4.69, 9.17) is 23.4 Å². The molecule has 1 aliphatic heterocycles. The summed E-state index contributed by atoms with van der Waals surface area (Å²) in [4.78, 5) is 24.3. The molecule has 144 valence electrons. The third-order valence-corrected chi connectivity index (χ3v) is 4.26. The van der Waals surface area contributed by atoms with E-state index in [-0.39, 0.29) is 18.6 Å². The second kappa shape index (κ2) is 7.64. The molecule has 1 aliphatic rings. The molecule has 1 aromatic heterocycles. The zero-order valence-corrected chi connectivity index (χ0v) is 15.2. The minimum absolute atomic E-state index is 0.171. The second-order valence-corrected chi connectivity index (χ2v) is 6.09. The fourth-order valence-electron chi connectivity index (χ4n) is 2.95. The number of ether oxygens (including phenoxy) is 4. The summed E-state index contributed by atoms with van der Waals surface area (Å²) >= 11 is 0. The van der Waals surface area contributed by atoms with Crippen LogP contribution in [-0.4, -0.2) is 32.4 Å². The largest absolute Gasteiger partial charge is 0.486 e. The Balaban J connectivity index is 1.63. The molecule has 0 saturated carbocycles. The quantitative estimate of drug-likeness (QED) is 0.627. The molecule has 7 heteroatoms. The fourth-order valence-corrected chi connectivity index (χ4v) is 2.95. The first kappa shape index (κ1) is 17.9. The summed E-state index contributed by atoms with van der Waals surface area (Å²) in [5.74, 6) is 1.21. The maximum atomic E-state index is 12.9. The summed E-state index contributed by atoms with van der Waals surface area (Å²) in [5.41, 5.74) is 1.30. The molecule has 0 N–H and O–H groups in total. The summed E-state index contributed by atoms with van der Waals surface area (Å²) in [6.07, 6.45) is 1.41. The first-order valence-electron chi connectivity index (χ1n) is 8.89. The molecule has 0 unspecified atom stereocenters. The highest BCUT2D eigenvalue weighted by molar-refractivity contribution is 5.83. The molecule has 3 aromatic rings. The molecule has 28 heavy (non-hydrogen) atoms. The van der Waals surface area contributed by atoms with E-state index in [1.807, 2.05) is 0 Å². The number of benzene rings is 2. The molecule has 0 bridgehead atoms. The van der Waals surface area contributed by atoms with Crippen LogP contribution in [0.1, 0.15) is 6.92 Å². The van der Waals surface area contributed by atoms with Crippen molar-refractivity contribution in [1.29, 1.82) is 0 Å². The van der Waals surface area contributed by atoms with E-state index >= 15 is 0 Å². The first-order valence-corrected chi connectivity index (χ1v) is 8.89. The molecule has 0 saturated heterocycles. The maximum absolute atomic E-state index is 12.9. The lowest BCUT2D eigenvalue weighted by Crippen LogP contribution is -2.15. The van der Waals surface area contributed by atoms with Crippen LogP contribution in [0.5, 0.6) is 17.2 Å². The van der Waals surface area contributed by atoms with Crippen LogP contribution in [0.2, 0.25) is 0 Å². The van der Waals surface area contributed by atoms with Gasteiger partial charge in [-0.3, -0.25) is 4.79 Å². The van der Waals surface area contributed by atoms with E-state index in [9.17, 15) is 9.59 Å². The van der Waals surface area contributed by atoms with Crippen LogP contribution < -0.4 is 19.6 Å². The Morgan fingerprint density at radius 1 is 1.07 bits per heavy atom. The summed E-state index contributed by atoms with van der Waals surface area (Å²) in [7, 11) is 0. The van der Waals surface area contributed by atoms with Crippen LogP contribution in [0.25, 0.3) is 22.1 Å². The van der Waals surface area contributed by atoms with Crippen LogP contribution in [0.3, 0.4) is 0 Å².